The van der Waals surface area contributed by atoms with Crippen LogP contribution in [0.2, 0.25) is 0 Å². The van der Waals surface area contributed by atoms with Crippen LogP contribution in [-0.2, 0) is 16.1 Å². The van der Waals surface area contributed by atoms with Gasteiger partial charge < -0.3 is 10.6 Å². The molecular weight excluding hydrogens is 268 g/mol. The maximum Gasteiger partial charge on any atom is 0.225 e. The van der Waals surface area contributed by atoms with Gasteiger partial charge in [0, 0.05) is 32.5 Å². The van der Waals surface area contributed by atoms with E-state index in [0.717, 1.165) is 31.6 Å². The molecule has 21 heavy (non-hydrogen) atoms. The molecule has 6 nitrogen and oxygen atoms in total. The van der Waals surface area contributed by atoms with Gasteiger partial charge >= 0.3 is 0 Å². The molecule has 118 valence electrons. The van der Waals surface area contributed by atoms with E-state index in [0.29, 0.717) is 18.9 Å². The average Bonchev–Trinajstić information content (AvgIpc) is 2.79. The van der Waals surface area contributed by atoms with Crippen molar-refractivity contribution >= 4 is 17.6 Å². The van der Waals surface area contributed by atoms with Crippen LogP contribution in [0.4, 0.5) is 5.82 Å². The van der Waals surface area contributed by atoms with Gasteiger partial charge in [0.2, 0.25) is 11.8 Å². The van der Waals surface area contributed by atoms with E-state index >= 15 is 0 Å². The second-order valence-electron chi connectivity index (χ2n) is 5.63. The first kappa shape index (κ1) is 17.2. The molecule has 1 rings (SSSR count). The smallest absolute Gasteiger partial charge is 0.225 e. The number of amides is 2. The first-order chi connectivity index (χ1) is 9.99. The predicted molar refractivity (Wildman–Crippen MR) is 82.8 cm³/mol. The molecule has 0 bridgehead atoms. The number of hydrogen-bond donors (Lipinski definition) is 2. The maximum absolute atomic E-state index is 11.9. The van der Waals surface area contributed by atoms with Crippen molar-refractivity contribution in [2.45, 2.75) is 53.0 Å². The minimum atomic E-state index is -0.00819. The fourth-order valence-electron chi connectivity index (χ4n) is 1.99. The normalized spacial score (nSPS) is 10.7. The molecule has 6 heteroatoms. The molecule has 0 saturated carbocycles. The Morgan fingerprint density at radius 3 is 2.71 bits per heavy atom. The molecule has 0 saturated heterocycles. The van der Waals surface area contributed by atoms with Gasteiger partial charge in [0.05, 0.1) is 6.20 Å². The van der Waals surface area contributed by atoms with Crippen LogP contribution in [0.1, 0.15) is 46.5 Å². The van der Waals surface area contributed by atoms with Gasteiger partial charge in [0.1, 0.15) is 5.82 Å². The lowest BCUT2D eigenvalue weighted by Gasteiger charge is -2.10. The van der Waals surface area contributed by atoms with Crippen LogP contribution >= 0.6 is 0 Å². The minimum absolute atomic E-state index is 0.00819. The van der Waals surface area contributed by atoms with Gasteiger partial charge in [-0.15, -0.1) is 0 Å². The summed E-state index contributed by atoms with van der Waals surface area (Å²) < 4.78 is 1.82. The van der Waals surface area contributed by atoms with Crippen LogP contribution in [0.25, 0.3) is 0 Å². The number of carbonyl (C=O) groups is 2. The fraction of sp³-hybridized carbons (Fsp3) is 0.667. The Labute approximate surface area is 126 Å². The quantitative estimate of drug-likeness (QED) is 0.685. The highest BCUT2D eigenvalue weighted by Gasteiger charge is 2.08. The second-order valence-corrected chi connectivity index (χ2v) is 5.63. The third-order valence-corrected chi connectivity index (χ3v) is 2.98. The highest BCUT2D eigenvalue weighted by atomic mass is 16.2. The standard InChI is InChI=1S/C15H26N4O2/c1-12(2)11-19-14(8-10-17-19)18-15(21)7-5-4-6-9-16-13(3)20/h8,10,12H,4-7,9,11H2,1-3H3,(H,16,20)(H,18,21). The number of anilines is 1. The first-order valence-electron chi connectivity index (χ1n) is 7.55. The third-order valence-electron chi connectivity index (χ3n) is 2.98. The molecule has 1 heterocycles. The molecule has 2 N–H and O–H groups in total. The van der Waals surface area contributed by atoms with E-state index < -0.39 is 0 Å². The lowest BCUT2D eigenvalue weighted by atomic mass is 10.2. The summed E-state index contributed by atoms with van der Waals surface area (Å²) in [7, 11) is 0. The van der Waals surface area contributed by atoms with E-state index in [9.17, 15) is 9.59 Å². The summed E-state index contributed by atoms with van der Waals surface area (Å²) >= 11 is 0. The van der Waals surface area contributed by atoms with Gasteiger partial charge in [-0.1, -0.05) is 20.3 Å². The van der Waals surface area contributed by atoms with E-state index in [2.05, 4.69) is 29.6 Å². The molecule has 0 aliphatic rings. The number of nitrogens with one attached hydrogen (secondary N) is 2. The van der Waals surface area contributed by atoms with Crippen molar-refractivity contribution in [3.05, 3.63) is 12.3 Å². The molecule has 0 aliphatic carbocycles. The number of hydrogen-bond acceptors (Lipinski definition) is 3. The highest BCUT2D eigenvalue weighted by molar-refractivity contribution is 5.89. The molecule has 0 radical (unpaired) electrons. The van der Waals surface area contributed by atoms with E-state index in [1.54, 1.807) is 6.20 Å². The van der Waals surface area contributed by atoms with Crippen molar-refractivity contribution in [3.63, 3.8) is 0 Å². The van der Waals surface area contributed by atoms with Crippen molar-refractivity contribution in [3.8, 4) is 0 Å². The van der Waals surface area contributed by atoms with Crippen LogP contribution in [-0.4, -0.2) is 28.1 Å². The van der Waals surface area contributed by atoms with Gasteiger partial charge in [-0.05, 0) is 18.8 Å². The van der Waals surface area contributed by atoms with Gasteiger partial charge in [-0.2, -0.15) is 5.10 Å². The Balaban J connectivity index is 2.22. The van der Waals surface area contributed by atoms with Crippen molar-refractivity contribution in [1.82, 2.24) is 15.1 Å². The van der Waals surface area contributed by atoms with Gasteiger partial charge in [-0.25, -0.2) is 4.68 Å². The number of rotatable bonds is 9. The Morgan fingerprint density at radius 1 is 1.29 bits per heavy atom. The number of unbranched alkanes of at least 4 members (excludes halogenated alkanes) is 2. The Hall–Kier alpha value is -1.85. The van der Waals surface area contributed by atoms with Crippen LogP contribution in [0.15, 0.2) is 12.3 Å². The topological polar surface area (TPSA) is 76.0 Å². The first-order valence-corrected chi connectivity index (χ1v) is 7.55. The lowest BCUT2D eigenvalue weighted by Crippen LogP contribution is -2.21. The van der Waals surface area contributed by atoms with Crippen molar-refractivity contribution in [1.29, 1.82) is 0 Å². The summed E-state index contributed by atoms with van der Waals surface area (Å²) in [6.45, 7) is 7.20. The van der Waals surface area contributed by atoms with Crippen molar-refractivity contribution < 1.29 is 9.59 Å². The summed E-state index contributed by atoms with van der Waals surface area (Å²) in [6, 6.07) is 1.82. The average molecular weight is 294 g/mol. The Morgan fingerprint density at radius 2 is 2.05 bits per heavy atom. The number of carbonyl (C=O) groups excluding carboxylic acids is 2. The summed E-state index contributed by atoms with van der Waals surface area (Å²) in [5.41, 5.74) is 0. The van der Waals surface area contributed by atoms with E-state index in [-0.39, 0.29) is 11.8 Å². The fourth-order valence-corrected chi connectivity index (χ4v) is 1.99. The van der Waals surface area contributed by atoms with Gasteiger partial charge in [0.25, 0.3) is 0 Å². The zero-order valence-electron chi connectivity index (χ0n) is 13.2. The zero-order valence-corrected chi connectivity index (χ0v) is 13.2. The second kappa shape index (κ2) is 9.15. The molecule has 0 aliphatic heterocycles. The molecular formula is C15H26N4O2. The zero-order chi connectivity index (χ0) is 15.7. The predicted octanol–water partition coefficient (Wildman–Crippen LogP) is 2.17. The SMILES string of the molecule is CC(=O)NCCCCCC(=O)Nc1ccnn1CC(C)C. The molecule has 1 aromatic rings. The summed E-state index contributed by atoms with van der Waals surface area (Å²) in [6.07, 6.45) is 4.85. The van der Waals surface area contributed by atoms with Crippen LogP contribution < -0.4 is 10.6 Å². The Bertz CT molecular complexity index is 454. The molecule has 0 fully saturated rings. The third kappa shape index (κ3) is 7.48. The molecule has 0 unspecified atom stereocenters. The van der Waals surface area contributed by atoms with Crippen molar-refractivity contribution in [2.75, 3.05) is 11.9 Å². The monoisotopic (exact) mass is 294 g/mol. The van der Waals surface area contributed by atoms with Crippen LogP contribution in [0, 0.1) is 5.92 Å². The number of nitrogens with zero attached hydrogens (tertiary/aromatic N) is 2. The summed E-state index contributed by atoms with van der Waals surface area (Å²) in [5.74, 6) is 1.24. The molecule has 2 amide bonds. The van der Waals surface area contributed by atoms with E-state index in [1.165, 1.54) is 6.92 Å². The van der Waals surface area contributed by atoms with Crippen LogP contribution in [0.3, 0.4) is 0 Å². The maximum atomic E-state index is 11.9. The minimum Gasteiger partial charge on any atom is -0.356 e. The largest absolute Gasteiger partial charge is 0.356 e. The highest BCUT2D eigenvalue weighted by Crippen LogP contribution is 2.10. The molecule has 0 aromatic carbocycles. The molecule has 1 aromatic heterocycles. The van der Waals surface area contributed by atoms with E-state index in [4.69, 9.17) is 0 Å². The molecule has 0 atom stereocenters. The lowest BCUT2D eigenvalue weighted by molar-refractivity contribution is -0.119. The van der Waals surface area contributed by atoms with Gasteiger partial charge in [0.15, 0.2) is 0 Å². The van der Waals surface area contributed by atoms with Crippen molar-refractivity contribution in [2.24, 2.45) is 5.92 Å². The summed E-state index contributed by atoms with van der Waals surface area (Å²) in [4.78, 5) is 22.6. The Kier molecular flexibility index (Phi) is 7.50. The summed E-state index contributed by atoms with van der Waals surface area (Å²) in [5, 5.41) is 9.85. The number of aromatic nitrogens is 2. The molecule has 0 spiro atoms. The van der Waals surface area contributed by atoms with Crippen LogP contribution in [0.5, 0.6) is 0 Å². The van der Waals surface area contributed by atoms with Gasteiger partial charge in [-0.3, -0.25) is 9.59 Å². The van der Waals surface area contributed by atoms with E-state index in [1.807, 2.05) is 10.7 Å².